The minimum atomic E-state index is -0.555. The summed E-state index contributed by atoms with van der Waals surface area (Å²) >= 11 is 0. The lowest BCUT2D eigenvalue weighted by molar-refractivity contribution is 0.240. The van der Waals surface area contributed by atoms with Crippen molar-refractivity contribution in [1.82, 2.24) is 10.6 Å². The van der Waals surface area contributed by atoms with Gasteiger partial charge in [0.15, 0.2) is 0 Å². The summed E-state index contributed by atoms with van der Waals surface area (Å²) in [5, 5.41) is 13.8. The van der Waals surface area contributed by atoms with E-state index in [2.05, 4.69) is 10.6 Å². The molecule has 0 atom stereocenters. The number of hydrogen-bond acceptors (Lipinski definition) is 3. The van der Waals surface area contributed by atoms with Gasteiger partial charge in [0, 0.05) is 32.7 Å². The highest BCUT2D eigenvalue weighted by Gasteiger charge is 2.08. The van der Waals surface area contributed by atoms with Gasteiger partial charge in [-0.15, -0.1) is 0 Å². The molecule has 0 bridgehead atoms. The summed E-state index contributed by atoms with van der Waals surface area (Å²) in [4.78, 5) is 13.4. The molecule has 25 heavy (non-hydrogen) atoms. The topological polar surface area (TPSA) is 68.2 Å². The number of rotatable bonds is 5. The van der Waals surface area contributed by atoms with Crippen LogP contribution in [0, 0.1) is 23.0 Å². The molecule has 7 heteroatoms. The van der Waals surface area contributed by atoms with Gasteiger partial charge in [-0.2, -0.15) is 5.26 Å². The Morgan fingerprint density at radius 2 is 1.80 bits per heavy atom. The fraction of sp³-hybridized carbons (Fsp3) is 0.222. The molecule has 2 rings (SSSR count). The first-order valence-corrected chi connectivity index (χ1v) is 7.56. The van der Waals surface area contributed by atoms with Crippen LogP contribution in [-0.2, 0) is 13.1 Å². The minimum absolute atomic E-state index is 0.0166. The summed E-state index contributed by atoms with van der Waals surface area (Å²) in [7, 11) is 3.48. The Morgan fingerprint density at radius 3 is 2.40 bits per heavy atom. The second-order valence-corrected chi connectivity index (χ2v) is 5.63. The number of nitrogens with one attached hydrogen (secondary N) is 2. The molecule has 2 aromatic rings. The average Bonchev–Trinajstić information content (AvgIpc) is 2.58. The van der Waals surface area contributed by atoms with Gasteiger partial charge in [0.2, 0.25) is 0 Å². The molecule has 5 nitrogen and oxygen atoms in total. The molecular weight excluding hydrogens is 326 g/mol. The van der Waals surface area contributed by atoms with Gasteiger partial charge >= 0.3 is 6.03 Å². The molecule has 130 valence electrons. The summed E-state index contributed by atoms with van der Waals surface area (Å²) < 4.78 is 27.6. The van der Waals surface area contributed by atoms with E-state index in [1.165, 1.54) is 18.2 Å². The Hall–Kier alpha value is -3.14. The molecule has 0 aromatic heterocycles. The fourth-order valence-electron chi connectivity index (χ4n) is 2.20. The highest BCUT2D eigenvalue weighted by Crippen LogP contribution is 2.18. The highest BCUT2D eigenvalue weighted by atomic mass is 19.1. The van der Waals surface area contributed by atoms with Crippen molar-refractivity contribution in [3.8, 4) is 6.07 Å². The summed E-state index contributed by atoms with van der Waals surface area (Å²) in [6.07, 6.45) is 0. The largest absolute Gasteiger partial charge is 0.375 e. The third-order valence-electron chi connectivity index (χ3n) is 3.57. The van der Waals surface area contributed by atoms with Crippen LogP contribution in [-0.4, -0.2) is 20.1 Å². The number of hydrogen-bond donors (Lipinski definition) is 2. The Balaban J connectivity index is 1.87. The van der Waals surface area contributed by atoms with Crippen molar-refractivity contribution in [2.75, 3.05) is 19.0 Å². The van der Waals surface area contributed by atoms with E-state index >= 15 is 0 Å². The Morgan fingerprint density at radius 1 is 1.08 bits per heavy atom. The van der Waals surface area contributed by atoms with Gasteiger partial charge in [0.1, 0.15) is 11.6 Å². The molecule has 0 fully saturated rings. The number of halogens is 2. The molecule has 2 amide bonds. The number of anilines is 1. The van der Waals surface area contributed by atoms with E-state index in [1.54, 1.807) is 31.1 Å². The predicted octanol–water partition coefficient (Wildman–Crippen LogP) is 2.90. The Bertz CT molecular complexity index is 815. The van der Waals surface area contributed by atoms with Crippen LogP contribution in [0.25, 0.3) is 0 Å². The van der Waals surface area contributed by atoms with E-state index in [9.17, 15) is 13.6 Å². The van der Waals surface area contributed by atoms with Crippen LogP contribution >= 0.6 is 0 Å². The monoisotopic (exact) mass is 344 g/mol. The number of carbonyl (C=O) groups excluding carboxylic acids is 1. The van der Waals surface area contributed by atoms with Crippen molar-refractivity contribution in [1.29, 1.82) is 5.26 Å². The van der Waals surface area contributed by atoms with Gasteiger partial charge in [-0.1, -0.05) is 12.1 Å². The van der Waals surface area contributed by atoms with E-state index in [0.717, 1.165) is 6.07 Å². The maximum atomic E-state index is 13.9. The summed E-state index contributed by atoms with van der Waals surface area (Å²) in [5.74, 6) is -0.926. The van der Waals surface area contributed by atoms with E-state index in [1.807, 2.05) is 6.07 Å². The van der Waals surface area contributed by atoms with Gasteiger partial charge in [0.25, 0.3) is 0 Å². The van der Waals surface area contributed by atoms with Gasteiger partial charge in [-0.05, 0) is 29.8 Å². The molecule has 0 saturated heterocycles. The molecule has 0 saturated carbocycles. The number of nitriles is 1. The normalized spacial score (nSPS) is 10.0. The molecule has 2 aromatic carbocycles. The number of benzene rings is 2. The van der Waals surface area contributed by atoms with Crippen LogP contribution in [0.2, 0.25) is 0 Å². The first-order chi connectivity index (χ1) is 11.9. The third kappa shape index (κ3) is 4.91. The number of nitrogens with zero attached hydrogens (tertiary/aromatic N) is 2. The van der Waals surface area contributed by atoms with Crippen molar-refractivity contribution in [3.05, 3.63) is 64.7 Å². The molecule has 0 spiro atoms. The first-order valence-electron chi connectivity index (χ1n) is 7.56. The summed E-state index contributed by atoms with van der Waals surface area (Å²) in [6.45, 7) is 0.129. The quantitative estimate of drug-likeness (QED) is 0.876. The average molecular weight is 344 g/mol. The lowest BCUT2D eigenvalue weighted by Crippen LogP contribution is -2.34. The smallest absolute Gasteiger partial charge is 0.315 e. The number of carbonyl (C=O) groups is 1. The van der Waals surface area contributed by atoms with Crippen LogP contribution in [0.15, 0.2) is 36.4 Å². The van der Waals surface area contributed by atoms with Gasteiger partial charge in [-0.25, -0.2) is 13.6 Å². The van der Waals surface area contributed by atoms with E-state index < -0.39 is 11.8 Å². The zero-order chi connectivity index (χ0) is 18.4. The molecule has 0 heterocycles. The lowest BCUT2D eigenvalue weighted by atomic mass is 10.1. The van der Waals surface area contributed by atoms with E-state index in [-0.39, 0.29) is 30.0 Å². The van der Waals surface area contributed by atoms with Crippen molar-refractivity contribution in [2.45, 2.75) is 13.1 Å². The summed E-state index contributed by atoms with van der Waals surface area (Å²) in [6, 6.07) is 10.1. The van der Waals surface area contributed by atoms with Crippen LogP contribution in [0.1, 0.15) is 16.7 Å². The maximum Gasteiger partial charge on any atom is 0.315 e. The van der Waals surface area contributed by atoms with Gasteiger partial charge < -0.3 is 15.5 Å². The third-order valence-corrected chi connectivity index (χ3v) is 3.57. The molecule has 0 aliphatic carbocycles. The van der Waals surface area contributed by atoms with Crippen LogP contribution < -0.4 is 15.5 Å². The van der Waals surface area contributed by atoms with Crippen LogP contribution in [0.3, 0.4) is 0 Å². The minimum Gasteiger partial charge on any atom is -0.375 e. The lowest BCUT2D eigenvalue weighted by Gasteiger charge is -2.14. The zero-order valence-electron chi connectivity index (χ0n) is 13.9. The maximum absolute atomic E-state index is 13.9. The van der Waals surface area contributed by atoms with Gasteiger partial charge in [0.05, 0.1) is 17.3 Å². The van der Waals surface area contributed by atoms with Crippen molar-refractivity contribution < 1.29 is 13.6 Å². The SMILES string of the molecule is CN(C)c1ccc(CNC(=O)NCc2ccc(C#N)cc2F)cc1F. The van der Waals surface area contributed by atoms with E-state index in [4.69, 9.17) is 5.26 Å². The zero-order valence-corrected chi connectivity index (χ0v) is 13.9. The summed E-state index contributed by atoms with van der Waals surface area (Å²) in [5.41, 5.74) is 1.57. The Labute approximate surface area is 144 Å². The van der Waals surface area contributed by atoms with Crippen molar-refractivity contribution >= 4 is 11.7 Å². The number of urea groups is 1. The molecular formula is C18H18F2N4O. The van der Waals surface area contributed by atoms with Crippen LogP contribution in [0.5, 0.6) is 0 Å². The number of amides is 2. The molecule has 0 unspecified atom stereocenters. The Kier molecular flexibility index (Phi) is 5.90. The highest BCUT2D eigenvalue weighted by molar-refractivity contribution is 5.73. The molecule has 0 aliphatic rings. The van der Waals surface area contributed by atoms with E-state index in [0.29, 0.717) is 11.3 Å². The van der Waals surface area contributed by atoms with Crippen LogP contribution in [0.4, 0.5) is 19.3 Å². The second-order valence-electron chi connectivity index (χ2n) is 5.63. The molecule has 0 radical (unpaired) electrons. The molecule has 0 aliphatic heterocycles. The van der Waals surface area contributed by atoms with Crippen molar-refractivity contribution in [2.24, 2.45) is 0 Å². The fourth-order valence-corrected chi connectivity index (χ4v) is 2.20. The standard InChI is InChI=1S/C18H18F2N4O/c1-24(2)17-6-4-13(8-16(17)20)10-22-18(25)23-11-14-5-3-12(9-21)7-15(14)19/h3-8H,10-11H2,1-2H3,(H2,22,23,25). The first kappa shape index (κ1) is 18.2. The van der Waals surface area contributed by atoms with Crippen molar-refractivity contribution in [3.63, 3.8) is 0 Å². The van der Waals surface area contributed by atoms with Gasteiger partial charge in [-0.3, -0.25) is 0 Å². The second kappa shape index (κ2) is 8.11. The molecule has 2 N–H and O–H groups in total. The predicted molar refractivity (Wildman–Crippen MR) is 90.9 cm³/mol.